The number of aryl methyl sites for hydroxylation is 2. The minimum Gasteiger partial charge on any atom is -0.508 e. The number of aromatic nitrogens is 2. The Bertz CT molecular complexity index is 2810. The highest BCUT2D eigenvalue weighted by molar-refractivity contribution is 5.93. The minimum atomic E-state index is -2.41. The number of carbonyl (C=O) groups is 1. The van der Waals surface area contributed by atoms with Crippen LogP contribution in [0.25, 0.3) is 38.3 Å². The Morgan fingerprint density at radius 3 is 2.60 bits per heavy atom. The number of fused-ring (bicyclic) bond motifs is 4. The Labute approximate surface area is 360 Å². The van der Waals surface area contributed by atoms with Crippen molar-refractivity contribution < 1.29 is 59.5 Å². The van der Waals surface area contributed by atoms with Gasteiger partial charge >= 0.3 is 0 Å². The zero-order valence-corrected chi connectivity index (χ0v) is 34.8. The molecule has 16 heteroatoms. The average molecular weight is 866 g/mol. The Morgan fingerprint density at radius 2 is 1.84 bits per heavy atom. The zero-order valence-electron chi connectivity index (χ0n) is 34.8. The van der Waals surface area contributed by atoms with E-state index in [1.807, 2.05) is 36.0 Å². The minimum absolute atomic E-state index is 0.0366. The van der Waals surface area contributed by atoms with Crippen molar-refractivity contribution >= 4 is 38.6 Å². The first-order valence-corrected chi connectivity index (χ1v) is 21.2. The molecule has 1 saturated heterocycles. The van der Waals surface area contributed by atoms with E-state index in [4.69, 9.17) is 18.9 Å². The first-order valence-electron chi connectivity index (χ1n) is 21.2. The van der Waals surface area contributed by atoms with E-state index in [1.165, 1.54) is 36.4 Å². The second-order valence-electron chi connectivity index (χ2n) is 17.3. The van der Waals surface area contributed by atoms with Gasteiger partial charge in [0.05, 0.1) is 17.5 Å². The van der Waals surface area contributed by atoms with Crippen molar-refractivity contribution in [3.63, 3.8) is 0 Å². The molecule has 332 valence electrons. The number of ether oxygens (including phenoxy) is 1. The van der Waals surface area contributed by atoms with Gasteiger partial charge in [-0.2, -0.15) is 0 Å². The van der Waals surface area contributed by atoms with Crippen LogP contribution in [-0.4, -0.2) is 107 Å². The molecule has 9 rings (SSSR count). The van der Waals surface area contributed by atoms with Crippen molar-refractivity contribution in [2.24, 2.45) is 11.8 Å². The highest BCUT2D eigenvalue weighted by atomic mass is 17.2. The molecule has 2 aliphatic heterocycles. The molecular weight excluding hydrogens is 815 g/mol. The number of benzene rings is 3. The molecule has 3 aliphatic rings. The third kappa shape index (κ3) is 7.54. The monoisotopic (exact) mass is 865 g/mol. The average Bonchev–Trinajstić information content (AvgIpc) is 4.00. The smallest absolute Gasteiger partial charge is 0.220 e. The van der Waals surface area contributed by atoms with Crippen LogP contribution in [-0.2, 0) is 33.8 Å². The molecule has 1 spiro atoms. The molecule has 8 atom stereocenters. The van der Waals surface area contributed by atoms with E-state index < -0.39 is 55.3 Å². The maximum atomic E-state index is 13.7. The van der Waals surface area contributed by atoms with E-state index in [0.29, 0.717) is 82.3 Å². The fourth-order valence-corrected chi connectivity index (χ4v) is 9.88. The zero-order chi connectivity index (χ0) is 44.4. The number of amides is 1. The summed E-state index contributed by atoms with van der Waals surface area (Å²) in [5, 5.41) is 80.6. The van der Waals surface area contributed by atoms with Gasteiger partial charge in [0.15, 0.2) is 16.8 Å². The lowest BCUT2D eigenvalue weighted by atomic mass is 9.71. The van der Waals surface area contributed by atoms with Crippen LogP contribution in [0.3, 0.4) is 0 Å². The van der Waals surface area contributed by atoms with Gasteiger partial charge in [-0.25, -0.2) is 9.78 Å². The Hall–Kier alpha value is -5.72. The van der Waals surface area contributed by atoms with Gasteiger partial charge in [-0.05, 0) is 78.9 Å². The van der Waals surface area contributed by atoms with Crippen molar-refractivity contribution in [2.45, 2.75) is 88.0 Å². The highest BCUT2D eigenvalue weighted by Gasteiger charge is 2.52. The van der Waals surface area contributed by atoms with Crippen LogP contribution in [0.1, 0.15) is 48.8 Å². The predicted octanol–water partition coefficient (Wildman–Crippen LogP) is 3.64. The number of carbonyl (C=O) groups excluding carboxylic acids is 1. The van der Waals surface area contributed by atoms with Crippen LogP contribution < -0.4 is 15.5 Å². The van der Waals surface area contributed by atoms with Gasteiger partial charge in [0.1, 0.15) is 65.2 Å². The lowest BCUT2D eigenvalue weighted by Gasteiger charge is -2.47. The standard InChI is InChI=1S/C47H51N3O13/c1-3-35-31-10-12-48-34(31)21-50(35)41-43-27(14-33-37(54)13-24(2)61-44(33)41)15-39(47(62-43)11-4-5-25(19-47)28-16-40(56)49-20-28)63-60-23-46(59,45(58)42(57)38(55)22-51)18-26-6-9-36(53)30-8-7-29(52)17-32(26)30/h4-10,12-14,17,21,25,28,38-39,42,45,48,51-53,55,57-59H,3,11,15-16,18-20,22-23H2,1-2H3,(H,49,56). The number of phenols is 2. The van der Waals surface area contributed by atoms with Gasteiger partial charge in [0.2, 0.25) is 5.91 Å². The van der Waals surface area contributed by atoms with Crippen molar-refractivity contribution in [1.29, 1.82) is 0 Å². The number of hydrogen-bond donors (Lipinski definition) is 9. The van der Waals surface area contributed by atoms with E-state index in [2.05, 4.69) is 16.4 Å². The van der Waals surface area contributed by atoms with Crippen LogP contribution in [0, 0.1) is 18.8 Å². The summed E-state index contributed by atoms with van der Waals surface area (Å²) in [5.74, 6) is 0.470. The van der Waals surface area contributed by atoms with Crippen LogP contribution in [0.2, 0.25) is 0 Å². The number of nitrogens with one attached hydrogen (secondary N) is 2. The number of aliphatic hydroxyl groups excluding tert-OH is 4. The fraction of sp³-hybridized carbons (Fsp3) is 0.404. The van der Waals surface area contributed by atoms with E-state index in [1.54, 1.807) is 13.0 Å². The third-order valence-corrected chi connectivity index (χ3v) is 13.2. The number of phenolic OH excluding ortho intramolecular Hbond substituents is 2. The first-order chi connectivity index (χ1) is 30.2. The molecule has 5 heterocycles. The van der Waals surface area contributed by atoms with Crippen molar-refractivity contribution in [3.05, 3.63) is 106 Å². The lowest BCUT2D eigenvalue weighted by Crippen LogP contribution is -2.58. The first kappa shape index (κ1) is 42.6. The fourth-order valence-electron chi connectivity index (χ4n) is 9.88. The van der Waals surface area contributed by atoms with Gasteiger partial charge in [-0.15, -0.1) is 0 Å². The molecule has 3 aromatic heterocycles. The quantitative estimate of drug-likeness (QED) is 0.0458. The maximum absolute atomic E-state index is 13.7. The molecule has 1 fully saturated rings. The molecular formula is C47H51N3O13. The molecule has 0 saturated carbocycles. The Kier molecular flexibility index (Phi) is 11.1. The summed E-state index contributed by atoms with van der Waals surface area (Å²) in [6.07, 6.45) is 2.39. The summed E-state index contributed by atoms with van der Waals surface area (Å²) in [4.78, 5) is 41.8. The number of allylic oxidation sites excluding steroid dienone is 1. The largest absolute Gasteiger partial charge is 0.508 e. The number of aromatic hydroxyl groups is 2. The number of H-pyrrole nitrogens is 1. The second kappa shape index (κ2) is 16.4. The number of rotatable bonds is 13. The van der Waals surface area contributed by atoms with Gasteiger partial charge in [0, 0.05) is 72.7 Å². The normalized spacial score (nSPS) is 23.5. The van der Waals surface area contributed by atoms with Crippen LogP contribution in [0.4, 0.5) is 0 Å². The Balaban J connectivity index is 1.13. The number of hydrogen-bond acceptors (Lipinski definition) is 13. The summed E-state index contributed by atoms with van der Waals surface area (Å²) < 4.78 is 15.7. The molecule has 0 bridgehead atoms. The molecule has 8 unspecified atom stereocenters. The predicted molar refractivity (Wildman–Crippen MR) is 230 cm³/mol. The van der Waals surface area contributed by atoms with Gasteiger partial charge in [-0.1, -0.05) is 25.1 Å². The van der Waals surface area contributed by atoms with Crippen LogP contribution >= 0.6 is 0 Å². The molecule has 0 radical (unpaired) electrons. The second-order valence-corrected chi connectivity index (χ2v) is 17.3. The van der Waals surface area contributed by atoms with Crippen LogP contribution in [0.5, 0.6) is 17.2 Å². The van der Waals surface area contributed by atoms with Gasteiger partial charge < -0.3 is 59.8 Å². The molecule has 3 aromatic carbocycles. The number of aromatic amines is 1. The van der Waals surface area contributed by atoms with E-state index in [0.717, 1.165) is 16.6 Å². The summed E-state index contributed by atoms with van der Waals surface area (Å²) in [5.41, 5.74) is -0.120. The van der Waals surface area contributed by atoms with E-state index in [-0.39, 0.29) is 41.1 Å². The topological polar surface area (TPSA) is 249 Å². The summed E-state index contributed by atoms with van der Waals surface area (Å²) in [6.45, 7) is 2.54. The van der Waals surface area contributed by atoms with E-state index in [9.17, 15) is 45.3 Å². The summed E-state index contributed by atoms with van der Waals surface area (Å²) in [6, 6.07) is 12.3. The van der Waals surface area contributed by atoms with Gasteiger partial charge in [0.25, 0.3) is 0 Å². The van der Waals surface area contributed by atoms with Crippen LogP contribution in [0.15, 0.2) is 82.3 Å². The summed E-state index contributed by atoms with van der Waals surface area (Å²) in [7, 11) is 0. The van der Waals surface area contributed by atoms with Crippen molar-refractivity contribution in [1.82, 2.24) is 14.9 Å². The molecule has 1 amide bonds. The van der Waals surface area contributed by atoms with Crippen molar-refractivity contribution in [3.8, 4) is 22.9 Å². The van der Waals surface area contributed by atoms with Gasteiger partial charge in [-0.3, -0.25) is 9.59 Å². The Morgan fingerprint density at radius 1 is 1.02 bits per heavy atom. The molecule has 16 nitrogen and oxygen atoms in total. The molecule has 63 heavy (non-hydrogen) atoms. The van der Waals surface area contributed by atoms with E-state index >= 15 is 0 Å². The molecule has 9 N–H and O–H groups in total. The molecule has 1 aliphatic carbocycles. The molecule has 6 aromatic rings. The van der Waals surface area contributed by atoms with Crippen molar-refractivity contribution in [2.75, 3.05) is 19.8 Å². The summed E-state index contributed by atoms with van der Waals surface area (Å²) >= 11 is 0. The highest BCUT2D eigenvalue weighted by Crippen LogP contribution is 2.49. The maximum Gasteiger partial charge on any atom is 0.220 e. The SMILES string of the molecule is CCc1c2cc[nH]c2cn1-c1c2c(cc3c(=O)cc(C)oc13)CC(OOCC(O)(Cc1ccc(O)c3ccc(O)cc13)C(O)C(O)C(O)CO)C1(CC=CC(C3CNC(=O)C3)C1)O2. The lowest BCUT2D eigenvalue weighted by molar-refractivity contribution is -0.373. The third-order valence-electron chi connectivity index (χ3n) is 13.2. The number of nitrogens with zero attached hydrogens (tertiary/aromatic N) is 1. The number of aliphatic hydroxyl groups is 5.